The molecule has 2 fully saturated rings. The van der Waals surface area contributed by atoms with E-state index < -0.39 is 0 Å². The fourth-order valence-electron chi connectivity index (χ4n) is 2.61. The van der Waals surface area contributed by atoms with Crippen LogP contribution >= 0.6 is 11.8 Å². The first-order chi connectivity index (χ1) is 7.42. The molecule has 1 aliphatic heterocycles. The van der Waals surface area contributed by atoms with E-state index in [2.05, 4.69) is 10.3 Å². The highest BCUT2D eigenvalue weighted by molar-refractivity contribution is 8.14. The molecule has 0 radical (unpaired) electrons. The van der Waals surface area contributed by atoms with Crippen molar-refractivity contribution in [2.24, 2.45) is 10.9 Å². The summed E-state index contributed by atoms with van der Waals surface area (Å²) in [6, 6.07) is 0.725. The first-order valence-electron chi connectivity index (χ1n) is 6.39. The van der Waals surface area contributed by atoms with Crippen molar-refractivity contribution < 1.29 is 0 Å². The molecule has 84 valence electrons. The van der Waals surface area contributed by atoms with Gasteiger partial charge in [-0.05, 0) is 31.6 Å². The molecule has 3 heteroatoms. The number of rotatable bonds is 2. The summed E-state index contributed by atoms with van der Waals surface area (Å²) in [6.45, 7) is 1.07. The number of thioether (sulfide) groups is 1. The van der Waals surface area contributed by atoms with Crippen LogP contribution < -0.4 is 5.32 Å². The second-order valence-electron chi connectivity index (χ2n) is 5.12. The summed E-state index contributed by atoms with van der Waals surface area (Å²) in [7, 11) is 0. The molecule has 2 saturated carbocycles. The summed E-state index contributed by atoms with van der Waals surface area (Å²) in [6.07, 6.45) is 9.85. The van der Waals surface area contributed by atoms with Crippen molar-refractivity contribution in [1.82, 2.24) is 5.32 Å². The highest BCUT2D eigenvalue weighted by Gasteiger charge is 2.35. The lowest BCUT2D eigenvalue weighted by atomic mass is 9.96. The third-order valence-corrected chi connectivity index (χ3v) is 5.07. The van der Waals surface area contributed by atoms with Gasteiger partial charge in [-0.2, -0.15) is 0 Å². The number of nitrogens with zero attached hydrogens (tertiary/aromatic N) is 1. The van der Waals surface area contributed by atoms with Crippen LogP contribution in [0.25, 0.3) is 0 Å². The molecule has 0 spiro atoms. The molecule has 0 aromatic heterocycles. The van der Waals surface area contributed by atoms with E-state index in [1.807, 2.05) is 11.8 Å². The minimum atomic E-state index is 0.725. The molecule has 3 aliphatic rings. The number of nitrogens with one attached hydrogen (secondary N) is 1. The monoisotopic (exact) mass is 224 g/mol. The van der Waals surface area contributed by atoms with E-state index in [1.165, 1.54) is 50.1 Å². The largest absolute Gasteiger partial charge is 0.362 e. The molecule has 2 aliphatic carbocycles. The van der Waals surface area contributed by atoms with Gasteiger partial charge < -0.3 is 5.32 Å². The van der Waals surface area contributed by atoms with E-state index in [4.69, 9.17) is 0 Å². The number of hydrogen-bond donors (Lipinski definition) is 1. The first-order valence-corrected chi connectivity index (χ1v) is 7.27. The van der Waals surface area contributed by atoms with E-state index >= 15 is 0 Å². The van der Waals surface area contributed by atoms with E-state index in [9.17, 15) is 0 Å². The van der Waals surface area contributed by atoms with Crippen LogP contribution in [0, 0.1) is 5.92 Å². The topological polar surface area (TPSA) is 24.4 Å². The lowest BCUT2D eigenvalue weighted by molar-refractivity contribution is 0.415. The van der Waals surface area contributed by atoms with Crippen LogP contribution in [0.3, 0.4) is 0 Å². The zero-order valence-electron chi connectivity index (χ0n) is 9.24. The quantitative estimate of drug-likeness (QED) is 0.780. The maximum atomic E-state index is 4.64. The van der Waals surface area contributed by atoms with Gasteiger partial charge in [-0.25, -0.2) is 0 Å². The third kappa shape index (κ3) is 2.49. The molecule has 0 aromatic rings. The van der Waals surface area contributed by atoms with Crippen molar-refractivity contribution in [2.75, 3.05) is 6.54 Å². The Bertz CT molecular complexity index is 254. The van der Waals surface area contributed by atoms with Crippen molar-refractivity contribution >= 4 is 16.9 Å². The standard InChI is InChI=1S/C12H20N2S/c1-2-4-10(5-3-1)14-12-13-8-11(15-12)9-6-7-9/h9-11H,1-8H2,(H,13,14). The Labute approximate surface area is 96.3 Å². The first kappa shape index (κ1) is 10.0. The Morgan fingerprint density at radius 2 is 1.87 bits per heavy atom. The van der Waals surface area contributed by atoms with Crippen LogP contribution in [0.4, 0.5) is 0 Å². The molecule has 2 nitrogen and oxygen atoms in total. The van der Waals surface area contributed by atoms with Crippen LogP contribution in [0.1, 0.15) is 44.9 Å². The fourth-order valence-corrected chi connectivity index (χ4v) is 3.89. The van der Waals surface area contributed by atoms with Gasteiger partial charge in [-0.15, -0.1) is 0 Å². The molecule has 0 saturated heterocycles. The normalized spacial score (nSPS) is 32.8. The van der Waals surface area contributed by atoms with Crippen molar-refractivity contribution in [3.63, 3.8) is 0 Å². The van der Waals surface area contributed by atoms with Crippen LogP contribution in [0.15, 0.2) is 4.99 Å². The van der Waals surface area contributed by atoms with Gasteiger partial charge in [0.15, 0.2) is 5.17 Å². The fraction of sp³-hybridized carbons (Fsp3) is 0.917. The summed E-state index contributed by atoms with van der Waals surface area (Å²) >= 11 is 2.01. The highest BCUT2D eigenvalue weighted by atomic mass is 32.2. The Morgan fingerprint density at radius 3 is 2.60 bits per heavy atom. The predicted octanol–water partition coefficient (Wildman–Crippen LogP) is 2.79. The summed E-state index contributed by atoms with van der Waals surface area (Å²) < 4.78 is 0. The van der Waals surface area contributed by atoms with Crippen LogP contribution in [-0.4, -0.2) is 23.0 Å². The third-order valence-electron chi connectivity index (χ3n) is 3.76. The van der Waals surface area contributed by atoms with E-state index in [0.29, 0.717) is 0 Å². The number of hydrogen-bond acceptors (Lipinski definition) is 3. The number of amidine groups is 1. The molecule has 3 rings (SSSR count). The van der Waals surface area contributed by atoms with Crippen molar-refractivity contribution in [3.05, 3.63) is 0 Å². The smallest absolute Gasteiger partial charge is 0.157 e. The van der Waals surface area contributed by atoms with Crippen LogP contribution in [-0.2, 0) is 0 Å². The molecule has 0 aromatic carbocycles. The molecular formula is C12H20N2S. The molecule has 1 unspecified atom stereocenters. The Balaban J connectivity index is 1.46. The van der Waals surface area contributed by atoms with Gasteiger partial charge in [0.25, 0.3) is 0 Å². The minimum Gasteiger partial charge on any atom is -0.362 e. The summed E-state index contributed by atoms with van der Waals surface area (Å²) in [4.78, 5) is 4.64. The van der Waals surface area contributed by atoms with E-state index in [-0.39, 0.29) is 0 Å². The summed E-state index contributed by atoms with van der Waals surface area (Å²) in [5.74, 6) is 0.990. The van der Waals surface area contributed by atoms with Gasteiger partial charge >= 0.3 is 0 Å². The molecule has 1 N–H and O–H groups in total. The molecule has 1 heterocycles. The van der Waals surface area contributed by atoms with E-state index in [1.54, 1.807) is 0 Å². The zero-order valence-corrected chi connectivity index (χ0v) is 10.1. The molecule has 1 atom stereocenters. The van der Waals surface area contributed by atoms with Gasteiger partial charge in [-0.3, -0.25) is 4.99 Å². The average Bonchev–Trinajstić information content (AvgIpc) is 3.02. The second kappa shape index (κ2) is 4.36. The molecule has 15 heavy (non-hydrogen) atoms. The molecule has 0 amide bonds. The van der Waals surface area contributed by atoms with Gasteiger partial charge in [0.1, 0.15) is 0 Å². The molecular weight excluding hydrogens is 204 g/mol. The predicted molar refractivity (Wildman–Crippen MR) is 66.4 cm³/mol. The summed E-state index contributed by atoms with van der Waals surface area (Å²) in [5.41, 5.74) is 0. The summed E-state index contributed by atoms with van der Waals surface area (Å²) in [5, 5.41) is 5.71. The maximum Gasteiger partial charge on any atom is 0.157 e. The maximum absolute atomic E-state index is 4.64. The Morgan fingerprint density at radius 1 is 1.07 bits per heavy atom. The van der Waals surface area contributed by atoms with Crippen molar-refractivity contribution in [2.45, 2.75) is 56.2 Å². The lowest BCUT2D eigenvalue weighted by Gasteiger charge is -2.23. The van der Waals surface area contributed by atoms with Gasteiger partial charge in [-0.1, -0.05) is 31.0 Å². The van der Waals surface area contributed by atoms with Crippen molar-refractivity contribution in [1.29, 1.82) is 0 Å². The van der Waals surface area contributed by atoms with Gasteiger partial charge in [0.05, 0.1) is 6.54 Å². The van der Waals surface area contributed by atoms with Crippen LogP contribution in [0.2, 0.25) is 0 Å². The highest BCUT2D eigenvalue weighted by Crippen LogP contribution is 2.41. The average molecular weight is 224 g/mol. The van der Waals surface area contributed by atoms with E-state index in [0.717, 1.165) is 23.8 Å². The lowest BCUT2D eigenvalue weighted by Crippen LogP contribution is -2.34. The van der Waals surface area contributed by atoms with Crippen LogP contribution in [0.5, 0.6) is 0 Å². The SMILES string of the molecule is C1CCC(NC2=NCC(C3CC3)S2)CC1. The van der Waals surface area contributed by atoms with Gasteiger partial charge in [0.2, 0.25) is 0 Å². The molecule has 0 bridgehead atoms. The Hall–Kier alpha value is -0.180. The Kier molecular flexibility index (Phi) is 2.91. The van der Waals surface area contributed by atoms with Crippen molar-refractivity contribution in [3.8, 4) is 0 Å². The minimum absolute atomic E-state index is 0.725. The van der Waals surface area contributed by atoms with Gasteiger partial charge in [0, 0.05) is 11.3 Å². The number of aliphatic imine (C=N–C) groups is 1. The zero-order chi connectivity index (χ0) is 10.1. The second-order valence-corrected chi connectivity index (χ2v) is 6.35.